The third kappa shape index (κ3) is 4.78. The number of hydrogen-bond donors (Lipinski definition) is 1. The summed E-state index contributed by atoms with van der Waals surface area (Å²) in [6.45, 7) is 2.91. The quantitative estimate of drug-likeness (QED) is 0.857. The fraction of sp³-hybridized carbons (Fsp3) is 0.476. The summed E-state index contributed by atoms with van der Waals surface area (Å²) >= 11 is 0. The van der Waals surface area contributed by atoms with Gasteiger partial charge in [0.15, 0.2) is 0 Å². The van der Waals surface area contributed by atoms with Crippen LogP contribution in [0.2, 0.25) is 0 Å². The molecular weight excluding hydrogens is 356 g/mol. The van der Waals surface area contributed by atoms with Gasteiger partial charge in [0.05, 0.1) is 24.4 Å². The Morgan fingerprint density at radius 2 is 2.07 bits per heavy atom. The number of aromatic nitrogens is 2. The number of rotatable bonds is 5. The highest BCUT2D eigenvalue weighted by Gasteiger charge is 2.25. The molecule has 4 rings (SSSR count). The molecule has 0 saturated carbocycles. The molecular formula is C21H26N4O3. The number of ether oxygens (including phenoxy) is 2. The number of hydrogen-bond acceptors (Lipinski definition) is 6. The van der Waals surface area contributed by atoms with Crippen molar-refractivity contribution in [3.8, 4) is 5.75 Å². The molecule has 0 aliphatic carbocycles. The molecule has 7 nitrogen and oxygen atoms in total. The van der Waals surface area contributed by atoms with E-state index in [1.54, 1.807) is 18.6 Å². The monoisotopic (exact) mass is 382 g/mol. The topological polar surface area (TPSA) is 76.6 Å². The average molecular weight is 382 g/mol. The molecule has 2 aromatic heterocycles. The second kappa shape index (κ2) is 9.01. The molecule has 2 aliphatic rings. The van der Waals surface area contributed by atoms with Gasteiger partial charge in [-0.05, 0) is 37.1 Å². The Balaban J connectivity index is 1.27. The van der Waals surface area contributed by atoms with Gasteiger partial charge in [-0.15, -0.1) is 0 Å². The number of nitrogens with one attached hydrogen (secondary N) is 1. The van der Waals surface area contributed by atoms with Gasteiger partial charge >= 0.3 is 0 Å². The van der Waals surface area contributed by atoms with Crippen molar-refractivity contribution in [1.82, 2.24) is 14.9 Å². The van der Waals surface area contributed by atoms with Crippen LogP contribution in [0.5, 0.6) is 5.75 Å². The number of carbonyl (C=O) groups excluding carboxylic acids is 1. The van der Waals surface area contributed by atoms with Crippen LogP contribution in [-0.2, 0) is 4.74 Å². The molecule has 0 spiro atoms. The van der Waals surface area contributed by atoms with Crippen LogP contribution < -0.4 is 10.1 Å². The predicted molar refractivity (Wildman–Crippen MR) is 105 cm³/mol. The normalized spacial score (nSPS) is 20.6. The highest BCUT2D eigenvalue weighted by Crippen LogP contribution is 2.20. The molecule has 148 valence electrons. The minimum absolute atomic E-state index is 0.0277. The van der Waals surface area contributed by atoms with Gasteiger partial charge in [0.2, 0.25) is 0 Å². The number of piperidine rings is 1. The maximum Gasteiger partial charge on any atom is 0.255 e. The Kier molecular flexibility index (Phi) is 6.01. The largest absolute Gasteiger partial charge is 0.489 e. The van der Waals surface area contributed by atoms with Gasteiger partial charge in [-0.2, -0.15) is 0 Å². The third-order valence-electron chi connectivity index (χ3n) is 5.19. The van der Waals surface area contributed by atoms with E-state index in [0.717, 1.165) is 43.9 Å². The molecule has 7 heteroatoms. The van der Waals surface area contributed by atoms with E-state index < -0.39 is 0 Å². The molecule has 1 N–H and O–H groups in total. The molecule has 2 saturated heterocycles. The molecule has 0 bridgehead atoms. The second-order valence-electron chi connectivity index (χ2n) is 7.29. The van der Waals surface area contributed by atoms with E-state index in [9.17, 15) is 4.79 Å². The van der Waals surface area contributed by atoms with Crippen molar-refractivity contribution in [1.29, 1.82) is 0 Å². The van der Waals surface area contributed by atoms with E-state index in [-0.39, 0.29) is 12.0 Å². The zero-order valence-electron chi connectivity index (χ0n) is 15.9. The van der Waals surface area contributed by atoms with Crippen molar-refractivity contribution in [2.45, 2.75) is 37.8 Å². The number of amides is 1. The lowest BCUT2D eigenvalue weighted by molar-refractivity contribution is 0.0594. The summed E-state index contributed by atoms with van der Waals surface area (Å²) in [5.74, 6) is 1.60. The van der Waals surface area contributed by atoms with Gasteiger partial charge in [-0.3, -0.25) is 9.78 Å². The van der Waals surface area contributed by atoms with Crippen molar-refractivity contribution in [2.24, 2.45) is 0 Å². The summed E-state index contributed by atoms with van der Waals surface area (Å²) < 4.78 is 11.4. The van der Waals surface area contributed by atoms with E-state index >= 15 is 0 Å². The summed E-state index contributed by atoms with van der Waals surface area (Å²) in [6.07, 6.45) is 9.00. The van der Waals surface area contributed by atoms with Crippen LogP contribution in [0.1, 0.15) is 36.0 Å². The molecule has 1 amide bonds. The van der Waals surface area contributed by atoms with Gasteiger partial charge in [0.25, 0.3) is 5.91 Å². The first-order valence-electron chi connectivity index (χ1n) is 9.94. The number of anilines is 1. The maximum absolute atomic E-state index is 12.8. The lowest BCUT2D eigenvalue weighted by Gasteiger charge is -2.32. The molecule has 4 heterocycles. The summed E-state index contributed by atoms with van der Waals surface area (Å²) in [5, 5.41) is 3.37. The molecule has 2 aromatic rings. The fourth-order valence-electron chi connectivity index (χ4n) is 3.64. The number of likely N-dealkylation sites (tertiary alicyclic amines) is 1. The highest BCUT2D eigenvalue weighted by molar-refractivity contribution is 5.94. The van der Waals surface area contributed by atoms with Crippen molar-refractivity contribution in [3.63, 3.8) is 0 Å². The lowest BCUT2D eigenvalue weighted by Crippen LogP contribution is -2.41. The molecule has 0 unspecified atom stereocenters. The molecule has 2 aliphatic heterocycles. The molecule has 2 fully saturated rings. The Morgan fingerprint density at radius 1 is 1.18 bits per heavy atom. The lowest BCUT2D eigenvalue weighted by atomic mass is 10.1. The van der Waals surface area contributed by atoms with Crippen LogP contribution in [0, 0.1) is 0 Å². The van der Waals surface area contributed by atoms with Gasteiger partial charge < -0.3 is 19.7 Å². The zero-order valence-corrected chi connectivity index (χ0v) is 15.9. The van der Waals surface area contributed by atoms with Crippen LogP contribution in [0.15, 0.2) is 42.9 Å². The standard InChI is InChI=1S/C21H26N4O3/c26-21(16-5-6-20(23-13-16)24-17-3-2-12-27-15-17)25-10-7-18(8-11-25)28-19-4-1-9-22-14-19/h1,4-6,9,13-14,17-18H,2-3,7-8,10-12,15H2,(H,23,24)/t17-/m1/s1. The minimum Gasteiger partial charge on any atom is -0.489 e. The first-order valence-corrected chi connectivity index (χ1v) is 9.94. The average Bonchev–Trinajstić information content (AvgIpc) is 2.76. The smallest absolute Gasteiger partial charge is 0.255 e. The predicted octanol–water partition coefficient (Wildman–Crippen LogP) is 2.75. The first-order chi connectivity index (χ1) is 13.8. The highest BCUT2D eigenvalue weighted by atomic mass is 16.5. The SMILES string of the molecule is O=C(c1ccc(N[C@@H]2CCCOC2)nc1)N1CCC(Oc2cccnc2)CC1. The Hall–Kier alpha value is -2.67. The van der Waals surface area contributed by atoms with Crippen molar-refractivity contribution >= 4 is 11.7 Å². The van der Waals surface area contributed by atoms with Gasteiger partial charge in [0, 0.05) is 44.9 Å². The molecule has 28 heavy (non-hydrogen) atoms. The number of carbonyl (C=O) groups is 1. The van der Waals surface area contributed by atoms with Crippen LogP contribution in [0.4, 0.5) is 5.82 Å². The van der Waals surface area contributed by atoms with Crippen LogP contribution in [-0.4, -0.2) is 59.2 Å². The fourth-order valence-corrected chi connectivity index (χ4v) is 3.64. The van der Waals surface area contributed by atoms with E-state index in [1.165, 1.54) is 0 Å². The maximum atomic E-state index is 12.8. The van der Waals surface area contributed by atoms with E-state index in [4.69, 9.17) is 9.47 Å². The van der Waals surface area contributed by atoms with E-state index in [2.05, 4.69) is 15.3 Å². The summed E-state index contributed by atoms with van der Waals surface area (Å²) in [5.41, 5.74) is 0.622. The zero-order chi connectivity index (χ0) is 19.2. The summed E-state index contributed by atoms with van der Waals surface area (Å²) in [6, 6.07) is 7.78. The Labute approximate surface area is 165 Å². The molecule has 0 aromatic carbocycles. The van der Waals surface area contributed by atoms with Crippen LogP contribution in [0.25, 0.3) is 0 Å². The van der Waals surface area contributed by atoms with Crippen molar-refractivity contribution < 1.29 is 14.3 Å². The van der Waals surface area contributed by atoms with Crippen LogP contribution in [0.3, 0.4) is 0 Å². The van der Waals surface area contributed by atoms with Gasteiger partial charge in [0.1, 0.15) is 17.7 Å². The van der Waals surface area contributed by atoms with E-state index in [0.29, 0.717) is 31.3 Å². The van der Waals surface area contributed by atoms with Crippen LogP contribution >= 0.6 is 0 Å². The Bertz CT molecular complexity index is 755. The Morgan fingerprint density at radius 3 is 2.75 bits per heavy atom. The molecule has 1 atom stereocenters. The summed E-state index contributed by atoms with van der Waals surface area (Å²) in [7, 11) is 0. The van der Waals surface area contributed by atoms with Gasteiger partial charge in [-0.25, -0.2) is 4.98 Å². The van der Waals surface area contributed by atoms with Crippen molar-refractivity contribution in [3.05, 3.63) is 48.4 Å². The number of nitrogens with zero attached hydrogens (tertiary/aromatic N) is 3. The second-order valence-corrected chi connectivity index (χ2v) is 7.29. The third-order valence-corrected chi connectivity index (χ3v) is 5.19. The van der Waals surface area contributed by atoms with Crippen molar-refractivity contribution in [2.75, 3.05) is 31.6 Å². The number of pyridine rings is 2. The van der Waals surface area contributed by atoms with Gasteiger partial charge in [-0.1, -0.05) is 0 Å². The summed E-state index contributed by atoms with van der Waals surface area (Å²) in [4.78, 5) is 23.1. The van der Waals surface area contributed by atoms with E-state index in [1.807, 2.05) is 29.2 Å². The first kappa shape index (κ1) is 18.7. The molecule has 0 radical (unpaired) electrons. The minimum atomic E-state index is 0.0277.